The molecule has 19 aromatic carbocycles. The molecular weight excluding hydrogens is 1810 g/mol. The molecule has 9 nitrogen and oxygen atoms in total. The number of hydrogen-bond acceptors (Lipinski definition) is 15. The molecule has 0 N–H and O–H groups in total. The molecule has 0 fully saturated rings. The van der Waals surface area contributed by atoms with E-state index in [1.807, 2.05) is 24.3 Å². The first-order valence-electron chi connectivity index (χ1n) is 46.2. The molecule has 15 heteroatoms. The van der Waals surface area contributed by atoms with Crippen LogP contribution in [0.25, 0.3) is 246 Å². The zero-order chi connectivity index (χ0) is 91.6. The van der Waals surface area contributed by atoms with E-state index in [9.17, 15) is 0 Å². The molecule has 9 aromatic heterocycles. The van der Waals surface area contributed by atoms with Crippen LogP contribution in [0.2, 0.25) is 0 Å². The smallest absolute Gasteiger partial charge is 0.165 e. The van der Waals surface area contributed by atoms with Crippen LogP contribution in [0.15, 0.2) is 443 Å². The maximum Gasteiger partial charge on any atom is 0.165 e. The van der Waals surface area contributed by atoms with Crippen molar-refractivity contribution < 1.29 is 0 Å². The zero-order valence-electron chi connectivity index (χ0n) is 74.1. The lowest BCUT2D eigenvalue weighted by Crippen LogP contribution is -2.28. The molecule has 139 heavy (non-hydrogen) atoms. The van der Waals surface area contributed by atoms with Gasteiger partial charge in [-0.3, -0.25) is 0 Å². The van der Waals surface area contributed by atoms with Crippen molar-refractivity contribution in [3.8, 4) is 125 Å². The van der Waals surface area contributed by atoms with Gasteiger partial charge in [0.05, 0.1) is 5.41 Å². The van der Waals surface area contributed by atoms with Crippen LogP contribution in [0.4, 0.5) is 0 Å². The van der Waals surface area contributed by atoms with E-state index in [0.717, 1.165) is 66.8 Å². The van der Waals surface area contributed by atoms with Crippen LogP contribution in [0.1, 0.15) is 22.3 Å². The summed E-state index contributed by atoms with van der Waals surface area (Å²) in [4.78, 5) is 47.2. The predicted octanol–water partition coefficient (Wildman–Crippen LogP) is 34.9. The maximum atomic E-state index is 5.47. The number of fused-ring (bicyclic) bond motifs is 21. The summed E-state index contributed by atoms with van der Waals surface area (Å²) < 4.78 is 14.7. The lowest BCUT2D eigenvalue weighted by molar-refractivity contribution is 0.768. The number of benzene rings is 19. The molecule has 29 rings (SSSR count). The van der Waals surface area contributed by atoms with Crippen LogP contribution in [0.3, 0.4) is 0 Å². The molecule has 1 aliphatic carbocycles. The first kappa shape index (κ1) is 82.0. The first-order chi connectivity index (χ1) is 68.9. The minimum absolute atomic E-state index is 0.533. The summed E-state index contributed by atoms with van der Waals surface area (Å²) in [6, 6.07) is 157. The number of hydrogen-bond donors (Lipinski definition) is 0. The summed E-state index contributed by atoms with van der Waals surface area (Å²) in [5.41, 5.74) is 18.1. The van der Waals surface area contributed by atoms with Crippen molar-refractivity contribution in [2.75, 3.05) is 0 Å². The van der Waals surface area contributed by atoms with Gasteiger partial charge in [-0.05, 0) is 117 Å². The van der Waals surface area contributed by atoms with Gasteiger partial charge in [0.25, 0.3) is 0 Å². The third-order valence-corrected chi connectivity index (χ3v) is 34.1. The Bertz CT molecular complexity index is 9330. The normalized spacial score (nSPS) is 12.2. The van der Waals surface area contributed by atoms with Crippen molar-refractivity contribution in [2.45, 2.75) is 5.41 Å². The van der Waals surface area contributed by atoms with Gasteiger partial charge in [0.15, 0.2) is 52.4 Å². The van der Waals surface area contributed by atoms with Gasteiger partial charge in [-0.2, -0.15) is 0 Å². The van der Waals surface area contributed by atoms with Gasteiger partial charge < -0.3 is 0 Å². The summed E-state index contributed by atoms with van der Waals surface area (Å²) in [5.74, 6) is 6.12. The summed E-state index contributed by atoms with van der Waals surface area (Å²) >= 11 is 10.8. The fraction of sp³-hybridized carbons (Fsp3) is 0.00806. The van der Waals surface area contributed by atoms with Crippen molar-refractivity contribution in [1.29, 1.82) is 0 Å². The second kappa shape index (κ2) is 34.1. The first-order valence-corrected chi connectivity index (χ1v) is 51.1. The average Bonchev–Trinajstić information content (AvgIpc) is 1.53. The Labute approximate surface area is 822 Å². The van der Waals surface area contributed by atoms with Gasteiger partial charge >= 0.3 is 0 Å². The van der Waals surface area contributed by atoms with E-state index in [1.54, 1.807) is 68.0 Å². The van der Waals surface area contributed by atoms with E-state index in [0.29, 0.717) is 52.4 Å². The third-order valence-electron chi connectivity index (χ3n) is 26.8. The molecule has 28 aromatic rings. The summed E-state index contributed by atoms with van der Waals surface area (Å²) in [6.45, 7) is 0. The van der Waals surface area contributed by atoms with E-state index in [2.05, 4.69) is 419 Å². The van der Waals surface area contributed by atoms with Crippen LogP contribution in [0.5, 0.6) is 0 Å². The Kier molecular flexibility index (Phi) is 20.1. The topological polar surface area (TPSA) is 116 Å². The molecule has 0 unspecified atom stereocenters. The van der Waals surface area contributed by atoms with Gasteiger partial charge in [0, 0.05) is 171 Å². The Morgan fingerprint density at radius 2 is 0.345 bits per heavy atom. The van der Waals surface area contributed by atoms with E-state index < -0.39 is 5.41 Å². The Morgan fingerprint density at radius 1 is 0.137 bits per heavy atom. The molecule has 9 heterocycles. The van der Waals surface area contributed by atoms with Crippen LogP contribution < -0.4 is 0 Å². The van der Waals surface area contributed by atoms with Gasteiger partial charge in [0.2, 0.25) is 0 Å². The van der Waals surface area contributed by atoms with Crippen LogP contribution in [-0.4, -0.2) is 44.9 Å². The quantitative estimate of drug-likeness (QED) is 0.118. The lowest BCUT2D eigenvalue weighted by Gasteiger charge is -2.33. The Morgan fingerprint density at radius 3 is 0.669 bits per heavy atom. The van der Waals surface area contributed by atoms with Gasteiger partial charge in [-0.1, -0.05) is 370 Å². The number of aromatic nitrogens is 9. The van der Waals surface area contributed by atoms with Gasteiger partial charge in [-0.25, -0.2) is 44.9 Å². The van der Waals surface area contributed by atoms with E-state index >= 15 is 0 Å². The van der Waals surface area contributed by atoms with Crippen LogP contribution in [0, 0.1) is 0 Å². The predicted molar refractivity (Wildman–Crippen MR) is 588 cm³/mol. The molecule has 0 saturated carbocycles. The highest BCUT2D eigenvalue weighted by molar-refractivity contribution is 7.28. The Hall–Kier alpha value is -16.5. The number of nitrogens with zero attached hydrogens (tertiary/aromatic N) is 9. The number of thiophene rings is 6. The van der Waals surface area contributed by atoms with Gasteiger partial charge in [-0.15, -0.1) is 68.0 Å². The fourth-order valence-corrected chi connectivity index (χ4v) is 27.8. The minimum atomic E-state index is -0.533. The van der Waals surface area contributed by atoms with E-state index in [4.69, 9.17) is 44.9 Å². The molecule has 1 aliphatic rings. The van der Waals surface area contributed by atoms with Crippen LogP contribution >= 0.6 is 68.0 Å². The Balaban J connectivity index is 0.000000107. The molecule has 0 spiro atoms. The highest BCUT2D eigenvalue weighted by atomic mass is 32.1. The zero-order valence-corrected chi connectivity index (χ0v) is 79.0. The maximum absolute atomic E-state index is 5.47. The largest absolute Gasteiger partial charge is 0.208 e. The monoisotopic (exact) mass is 1880 g/mol. The SMILES string of the molecule is c1ccc(-c2ccccc2-c2nc(-c3cccc4c3sc3ccccc34)nc(-c3cccc4c3sc3ccccc34)n2)cc1.c1ccc(-c2nc(-c3cccc4c3sc3ccccc34)nc(-c3cccc4c3sc3ccccc34)n2)cc1.c1ccc(C2(c3ccccc3)c3ccccc3-c3c(-c4nc(-c5cccc6c5sc5ccccc56)nc(-c5cccc6c5sc5ccccc56)n4)cccc32)cc1. The summed E-state index contributed by atoms with van der Waals surface area (Å²) in [5, 5.41) is 14.9. The van der Waals surface area contributed by atoms with Crippen molar-refractivity contribution in [3.05, 3.63) is 465 Å². The van der Waals surface area contributed by atoms with Crippen molar-refractivity contribution >= 4 is 189 Å². The molecule has 0 radical (unpaired) electrons. The molecule has 0 atom stereocenters. The van der Waals surface area contributed by atoms with E-state index in [1.165, 1.54) is 149 Å². The molecule has 0 bridgehead atoms. The summed E-state index contributed by atoms with van der Waals surface area (Å²) in [6.07, 6.45) is 0. The highest BCUT2D eigenvalue weighted by Gasteiger charge is 2.47. The molecule has 650 valence electrons. The number of rotatable bonds is 12. The lowest BCUT2D eigenvalue weighted by atomic mass is 9.67. The summed E-state index contributed by atoms with van der Waals surface area (Å²) in [7, 11) is 0. The van der Waals surface area contributed by atoms with Crippen LogP contribution in [-0.2, 0) is 5.41 Å². The highest BCUT2D eigenvalue weighted by Crippen LogP contribution is 2.59. The molecule has 0 saturated heterocycles. The minimum Gasteiger partial charge on any atom is -0.208 e. The second-order valence-electron chi connectivity index (χ2n) is 34.6. The third kappa shape index (κ3) is 13.9. The second-order valence-corrected chi connectivity index (χ2v) is 40.9. The molecule has 0 amide bonds. The van der Waals surface area contributed by atoms with Crippen molar-refractivity contribution in [1.82, 2.24) is 44.9 Å². The van der Waals surface area contributed by atoms with Crippen molar-refractivity contribution in [2.24, 2.45) is 0 Å². The average molecular weight is 1880 g/mol. The van der Waals surface area contributed by atoms with Crippen molar-refractivity contribution in [3.63, 3.8) is 0 Å². The van der Waals surface area contributed by atoms with Gasteiger partial charge in [0.1, 0.15) is 0 Å². The fourth-order valence-electron chi connectivity index (χ4n) is 20.6. The standard InChI is InChI=1S/C52H31N3S2.C39H23N3S2.C33H19N3S2/c1-3-16-32(17-4-1)52(33-18-5-2-6-19-33)42-28-10-7-22-38(42)46-39(25-15-29-43(46)52)49-53-50(40-26-13-23-36-34-20-8-11-30-44(34)56-47(36)40)55-51(54-49)41-27-14-24-37-35-21-9-12-31-45(35)57-48(37)41;1-2-12-24(13-3-1)25-14-4-5-17-30(25)37-40-38(31-20-10-18-28-26-15-6-8-22-33(26)43-35(28)31)42-39(41-37)32-21-11-19-29-27-16-7-9-23-34(27)44-36(29)32;1-2-10-20(11-3-1)31-34-32(25-16-8-14-23-21-12-4-6-18-27(21)37-29(23)25)36-33(35-31)26-17-9-15-24-22-13-5-7-19-28(22)38-30(24)26/h1-31H;1-23H;1-19H. The molecular formula is C124H73N9S6. The molecule has 0 aliphatic heterocycles. The van der Waals surface area contributed by atoms with E-state index in [-0.39, 0.29) is 0 Å².